The second-order valence-corrected chi connectivity index (χ2v) is 3.52. The van der Waals surface area contributed by atoms with Crippen LogP contribution in [-0.2, 0) is 4.74 Å². The molecule has 1 nitrogen and oxygen atoms in total. The van der Waals surface area contributed by atoms with E-state index in [0.29, 0.717) is 11.7 Å². The van der Waals surface area contributed by atoms with Crippen molar-refractivity contribution in [2.45, 2.75) is 6.92 Å². The van der Waals surface area contributed by atoms with E-state index < -0.39 is 0 Å². The lowest BCUT2D eigenvalue weighted by molar-refractivity contribution is 0.337. The van der Waals surface area contributed by atoms with E-state index in [-0.39, 0.29) is 0 Å². The van der Waals surface area contributed by atoms with Crippen molar-refractivity contribution >= 4 is 33.2 Å². The van der Waals surface area contributed by atoms with Crippen LogP contribution in [0, 0.1) is 0 Å². The highest BCUT2D eigenvalue weighted by Gasteiger charge is 2.00. The van der Waals surface area contributed by atoms with Crippen molar-refractivity contribution in [2.24, 2.45) is 0 Å². The molecule has 0 fully saturated rings. The minimum Gasteiger partial charge on any atom is -0.483 e. The molecule has 0 aliphatic rings. The van der Waals surface area contributed by atoms with Crippen LogP contribution in [-0.4, -0.2) is 11.7 Å². The lowest BCUT2D eigenvalue weighted by Crippen LogP contribution is -2.02. The van der Waals surface area contributed by atoms with Crippen LogP contribution in [0.2, 0.25) is 0 Å². The Morgan fingerprint density at radius 3 is 2.92 bits per heavy atom. The monoisotopic (exact) mass is 244 g/mol. The van der Waals surface area contributed by atoms with E-state index in [0.717, 1.165) is 10.0 Å². The maximum atomic E-state index is 5.19. The van der Waals surface area contributed by atoms with Crippen LogP contribution in [0.4, 0.5) is 0 Å². The van der Waals surface area contributed by atoms with Gasteiger partial charge in [-0.3, -0.25) is 0 Å². The molecule has 0 aliphatic carbocycles. The van der Waals surface area contributed by atoms with E-state index in [1.54, 1.807) is 0 Å². The Kier molecular flexibility index (Phi) is 3.69. The Morgan fingerprint density at radius 2 is 2.33 bits per heavy atom. The predicted octanol–water partition coefficient (Wildman–Crippen LogP) is 3.16. The van der Waals surface area contributed by atoms with Gasteiger partial charge in [-0.2, -0.15) is 0 Å². The zero-order chi connectivity index (χ0) is 8.97. The highest BCUT2D eigenvalue weighted by atomic mass is 79.9. The molecule has 1 aromatic carbocycles. The van der Waals surface area contributed by atoms with E-state index in [2.05, 4.69) is 15.9 Å². The third-order valence-electron chi connectivity index (χ3n) is 1.34. The van der Waals surface area contributed by atoms with Gasteiger partial charge in [-0.15, -0.1) is 0 Å². The molecule has 0 amide bonds. The summed E-state index contributed by atoms with van der Waals surface area (Å²) in [5, 5.41) is 0.554. The first-order valence-electron chi connectivity index (χ1n) is 3.66. The Bertz CT molecular complexity index is 286. The number of hydrogen-bond acceptors (Lipinski definition) is 2. The van der Waals surface area contributed by atoms with E-state index in [1.807, 2.05) is 31.2 Å². The molecule has 0 aromatic heterocycles. The van der Waals surface area contributed by atoms with Crippen LogP contribution < -0.4 is 0 Å². The van der Waals surface area contributed by atoms with Gasteiger partial charge in [0.25, 0.3) is 0 Å². The van der Waals surface area contributed by atoms with Gasteiger partial charge in [-0.25, -0.2) is 0 Å². The number of thiocarbonyl (C=S) groups is 1. The minimum absolute atomic E-state index is 0.554. The smallest absolute Gasteiger partial charge is 0.191 e. The summed E-state index contributed by atoms with van der Waals surface area (Å²) in [7, 11) is 0. The first kappa shape index (κ1) is 9.68. The van der Waals surface area contributed by atoms with E-state index in [9.17, 15) is 0 Å². The second-order valence-electron chi connectivity index (χ2n) is 2.23. The van der Waals surface area contributed by atoms with Crippen LogP contribution in [0.3, 0.4) is 0 Å². The van der Waals surface area contributed by atoms with Crippen LogP contribution >= 0.6 is 28.1 Å². The molecule has 0 saturated carbocycles. The predicted molar refractivity (Wildman–Crippen MR) is 57.5 cm³/mol. The average Bonchev–Trinajstić information content (AvgIpc) is 2.05. The number of ether oxygens (including phenoxy) is 1. The van der Waals surface area contributed by atoms with Gasteiger partial charge < -0.3 is 4.74 Å². The van der Waals surface area contributed by atoms with Crippen molar-refractivity contribution < 1.29 is 4.74 Å². The molecule has 0 spiro atoms. The van der Waals surface area contributed by atoms with Gasteiger partial charge in [0, 0.05) is 10.0 Å². The first-order chi connectivity index (χ1) is 5.74. The molecule has 0 saturated heterocycles. The van der Waals surface area contributed by atoms with Crippen molar-refractivity contribution in [1.82, 2.24) is 0 Å². The van der Waals surface area contributed by atoms with Gasteiger partial charge in [0.05, 0.1) is 6.61 Å². The summed E-state index contributed by atoms with van der Waals surface area (Å²) in [6.45, 7) is 2.54. The highest BCUT2D eigenvalue weighted by Crippen LogP contribution is 2.12. The summed E-state index contributed by atoms with van der Waals surface area (Å²) in [6.07, 6.45) is 0. The number of halogens is 1. The maximum Gasteiger partial charge on any atom is 0.191 e. The molecule has 0 heterocycles. The maximum absolute atomic E-state index is 5.19. The third kappa shape index (κ3) is 2.57. The topological polar surface area (TPSA) is 9.23 Å². The molecule has 1 aromatic rings. The molecular formula is C9H9BrOS. The van der Waals surface area contributed by atoms with Gasteiger partial charge in [0.2, 0.25) is 0 Å². The lowest BCUT2D eigenvalue weighted by Gasteiger charge is -2.04. The van der Waals surface area contributed by atoms with Crippen LogP contribution in [0.5, 0.6) is 0 Å². The summed E-state index contributed by atoms with van der Waals surface area (Å²) in [6, 6.07) is 7.77. The van der Waals surface area contributed by atoms with Crippen molar-refractivity contribution in [3.63, 3.8) is 0 Å². The zero-order valence-electron chi connectivity index (χ0n) is 6.71. The summed E-state index contributed by atoms with van der Waals surface area (Å²) in [4.78, 5) is 0. The normalized spacial score (nSPS) is 9.50. The Balaban J connectivity index is 2.81. The van der Waals surface area contributed by atoms with E-state index in [4.69, 9.17) is 17.0 Å². The van der Waals surface area contributed by atoms with Crippen LogP contribution in [0.15, 0.2) is 28.7 Å². The molecule has 0 atom stereocenters. The van der Waals surface area contributed by atoms with Gasteiger partial charge in [0.15, 0.2) is 5.05 Å². The van der Waals surface area contributed by atoms with Crippen molar-refractivity contribution in [3.8, 4) is 0 Å². The molecular weight excluding hydrogens is 236 g/mol. The fourth-order valence-electron chi connectivity index (χ4n) is 0.830. The number of rotatable bonds is 2. The third-order valence-corrected chi connectivity index (χ3v) is 2.18. The van der Waals surface area contributed by atoms with Gasteiger partial charge >= 0.3 is 0 Å². The van der Waals surface area contributed by atoms with Gasteiger partial charge in [-0.1, -0.05) is 28.1 Å². The summed E-state index contributed by atoms with van der Waals surface area (Å²) in [5.41, 5.74) is 0.946. The standard InChI is InChI=1S/C9H9BrOS/c1-2-11-9(12)7-4-3-5-8(10)6-7/h3-6H,2H2,1H3. The van der Waals surface area contributed by atoms with E-state index in [1.165, 1.54) is 0 Å². The van der Waals surface area contributed by atoms with Gasteiger partial charge in [-0.05, 0) is 31.3 Å². The molecule has 3 heteroatoms. The van der Waals surface area contributed by atoms with Crippen molar-refractivity contribution in [2.75, 3.05) is 6.61 Å². The SMILES string of the molecule is CCOC(=S)c1cccc(Br)c1. The molecule has 0 radical (unpaired) electrons. The molecule has 0 N–H and O–H groups in total. The summed E-state index contributed by atoms with van der Waals surface area (Å²) < 4.78 is 6.21. The number of hydrogen-bond donors (Lipinski definition) is 0. The second kappa shape index (κ2) is 4.58. The quantitative estimate of drug-likeness (QED) is 0.740. The fourth-order valence-corrected chi connectivity index (χ4v) is 1.47. The summed E-state index contributed by atoms with van der Waals surface area (Å²) in [5.74, 6) is 0. The molecule has 1 rings (SSSR count). The first-order valence-corrected chi connectivity index (χ1v) is 4.87. The van der Waals surface area contributed by atoms with Crippen molar-refractivity contribution in [1.29, 1.82) is 0 Å². The fraction of sp³-hybridized carbons (Fsp3) is 0.222. The highest BCUT2D eigenvalue weighted by molar-refractivity contribution is 9.10. The zero-order valence-corrected chi connectivity index (χ0v) is 9.11. The molecule has 0 unspecified atom stereocenters. The minimum atomic E-state index is 0.554. The van der Waals surface area contributed by atoms with Gasteiger partial charge in [0.1, 0.15) is 0 Å². The van der Waals surface area contributed by atoms with Crippen LogP contribution in [0.25, 0.3) is 0 Å². The van der Waals surface area contributed by atoms with Crippen molar-refractivity contribution in [3.05, 3.63) is 34.3 Å². The Morgan fingerprint density at radius 1 is 1.58 bits per heavy atom. The largest absolute Gasteiger partial charge is 0.483 e. The van der Waals surface area contributed by atoms with Crippen LogP contribution in [0.1, 0.15) is 12.5 Å². The molecule has 0 aliphatic heterocycles. The molecule has 64 valence electrons. The Labute approximate surface area is 85.9 Å². The van der Waals surface area contributed by atoms with E-state index >= 15 is 0 Å². The summed E-state index contributed by atoms with van der Waals surface area (Å²) >= 11 is 8.40. The average molecular weight is 245 g/mol. The Hall–Kier alpha value is -0.410. The molecule has 0 bridgehead atoms. The molecule has 12 heavy (non-hydrogen) atoms. The lowest BCUT2D eigenvalue weighted by atomic mass is 10.2. The number of benzene rings is 1.